The zero-order valence-corrected chi connectivity index (χ0v) is 23.5. The minimum Gasteiger partial charge on any atom is -0.393 e. The topological polar surface area (TPSA) is 125 Å². The first kappa shape index (κ1) is 27.4. The van der Waals surface area contributed by atoms with Gasteiger partial charge in [0.25, 0.3) is 0 Å². The van der Waals surface area contributed by atoms with Crippen LogP contribution in [0.2, 0.25) is 0 Å². The molecule has 5 rings (SSSR count). The Morgan fingerprint density at radius 1 is 1.14 bits per heavy atom. The molecule has 4 fully saturated rings. The number of fused-ring (bicyclic) bond motifs is 5. The summed E-state index contributed by atoms with van der Waals surface area (Å²) in [7, 11) is 1.60. The van der Waals surface area contributed by atoms with Crippen molar-refractivity contribution in [1.82, 2.24) is 10.2 Å². The number of aromatic nitrogens is 2. The van der Waals surface area contributed by atoms with Crippen molar-refractivity contribution < 1.29 is 24.9 Å². The number of hydrogen-bond acceptors (Lipinski definition) is 8. The molecule has 4 saturated carbocycles. The molecule has 37 heavy (non-hydrogen) atoms. The van der Waals surface area contributed by atoms with Gasteiger partial charge in [0.15, 0.2) is 0 Å². The first-order valence-electron chi connectivity index (χ1n) is 14.2. The molecule has 11 atom stereocenters. The summed E-state index contributed by atoms with van der Waals surface area (Å²) >= 11 is 1.33. The summed E-state index contributed by atoms with van der Waals surface area (Å²) in [5.41, 5.74) is -0.162. The molecule has 0 aromatic carbocycles. The highest BCUT2D eigenvalue weighted by atomic mass is 32.1. The summed E-state index contributed by atoms with van der Waals surface area (Å²) in [4.78, 5) is 12.6. The van der Waals surface area contributed by atoms with E-state index in [9.17, 15) is 20.1 Å². The Hall–Kier alpha value is -1.13. The van der Waals surface area contributed by atoms with Crippen LogP contribution in [-0.4, -0.2) is 56.8 Å². The SMILES string of the molecule is COCc1nnc(NC(=O)CC[C@@H](C)[C@H]2CC[C@H]3[C@@H]4[C@H](O)C[C@@H]5C[C@H](O)CC[C@]5(C)[C@H]4C[C@H](O)[C@]23C)s1. The molecule has 1 amide bonds. The predicted molar refractivity (Wildman–Crippen MR) is 142 cm³/mol. The van der Waals surface area contributed by atoms with Crippen LogP contribution in [0.5, 0.6) is 0 Å². The molecule has 4 aliphatic rings. The molecule has 1 heterocycles. The van der Waals surface area contributed by atoms with Crippen molar-refractivity contribution in [3.8, 4) is 0 Å². The number of rotatable bonds is 7. The van der Waals surface area contributed by atoms with Crippen LogP contribution >= 0.6 is 11.3 Å². The van der Waals surface area contributed by atoms with Gasteiger partial charge in [0.05, 0.1) is 18.3 Å². The largest absolute Gasteiger partial charge is 0.393 e. The van der Waals surface area contributed by atoms with Gasteiger partial charge in [-0.2, -0.15) is 0 Å². The van der Waals surface area contributed by atoms with Crippen LogP contribution in [0.25, 0.3) is 0 Å². The van der Waals surface area contributed by atoms with Crippen molar-refractivity contribution in [2.24, 2.45) is 46.3 Å². The van der Waals surface area contributed by atoms with E-state index in [1.54, 1.807) is 7.11 Å². The Bertz CT molecular complexity index is 975. The second-order valence-electron chi connectivity index (χ2n) is 13.0. The Morgan fingerprint density at radius 2 is 1.92 bits per heavy atom. The summed E-state index contributed by atoms with van der Waals surface area (Å²) in [6.45, 7) is 7.24. The number of nitrogens with one attached hydrogen (secondary N) is 1. The molecule has 0 aliphatic heterocycles. The molecule has 0 saturated heterocycles. The fraction of sp³-hybridized carbons (Fsp3) is 0.893. The lowest BCUT2D eigenvalue weighted by atomic mass is 9.43. The lowest BCUT2D eigenvalue weighted by Crippen LogP contribution is -2.62. The molecule has 8 nitrogen and oxygen atoms in total. The van der Waals surface area contributed by atoms with Gasteiger partial charge in [0, 0.05) is 13.5 Å². The summed E-state index contributed by atoms with van der Waals surface area (Å²) in [5, 5.41) is 45.6. The molecule has 1 aromatic heterocycles. The standard InChI is InChI=1S/C28H45N3O5S/c1-15(5-8-23(35)29-26-31-30-24(37-26)14-36-4)18-6-7-19-25-20(13-22(34)28(18,19)3)27(2)10-9-17(32)11-16(27)12-21(25)33/h15-22,25,32-34H,5-14H2,1-4H3,(H,29,31,35)/t15-,16+,17-,18-,19+,20+,21-,22+,25+,27+,28-/m1/s1. The van der Waals surface area contributed by atoms with Gasteiger partial charge in [-0.1, -0.05) is 32.1 Å². The summed E-state index contributed by atoms with van der Waals surface area (Å²) < 4.78 is 5.07. The van der Waals surface area contributed by atoms with Crippen LogP contribution in [0, 0.1) is 46.3 Å². The average molecular weight is 536 g/mol. The van der Waals surface area contributed by atoms with Gasteiger partial charge in [-0.25, -0.2) is 0 Å². The smallest absolute Gasteiger partial charge is 0.226 e. The molecule has 208 valence electrons. The second kappa shape index (κ2) is 10.5. The van der Waals surface area contributed by atoms with E-state index in [2.05, 4.69) is 36.3 Å². The lowest BCUT2D eigenvalue weighted by Gasteiger charge is -2.63. The third kappa shape index (κ3) is 4.77. The number of aliphatic hydroxyl groups excluding tert-OH is 3. The predicted octanol–water partition coefficient (Wildman–Crippen LogP) is 4.00. The van der Waals surface area contributed by atoms with Gasteiger partial charge in [0.1, 0.15) is 11.6 Å². The van der Waals surface area contributed by atoms with Crippen LogP contribution in [-0.2, 0) is 16.1 Å². The van der Waals surface area contributed by atoms with Crippen LogP contribution in [0.15, 0.2) is 0 Å². The van der Waals surface area contributed by atoms with Crippen LogP contribution in [0.4, 0.5) is 5.13 Å². The van der Waals surface area contributed by atoms with E-state index in [1.165, 1.54) is 11.3 Å². The average Bonchev–Trinajstić information content (AvgIpc) is 3.44. The highest BCUT2D eigenvalue weighted by Gasteiger charge is 2.65. The maximum Gasteiger partial charge on any atom is 0.226 e. The molecule has 0 bridgehead atoms. The highest BCUT2D eigenvalue weighted by Crippen LogP contribution is 2.68. The molecule has 4 aliphatic carbocycles. The van der Waals surface area contributed by atoms with Gasteiger partial charge in [-0.3, -0.25) is 4.79 Å². The second-order valence-corrected chi connectivity index (χ2v) is 14.1. The van der Waals surface area contributed by atoms with Crippen molar-refractivity contribution in [3.63, 3.8) is 0 Å². The third-order valence-corrected chi connectivity index (χ3v) is 12.1. The number of ether oxygens (including phenoxy) is 1. The molecule has 0 radical (unpaired) electrons. The summed E-state index contributed by atoms with van der Waals surface area (Å²) in [5.74, 6) is 1.69. The van der Waals surface area contributed by atoms with E-state index in [1.807, 2.05) is 0 Å². The molecular formula is C28H45N3O5S. The molecule has 9 heteroatoms. The van der Waals surface area contributed by atoms with Crippen molar-refractivity contribution in [2.45, 2.75) is 103 Å². The van der Waals surface area contributed by atoms with Gasteiger partial charge < -0.3 is 25.4 Å². The molecule has 1 aromatic rings. The van der Waals surface area contributed by atoms with Gasteiger partial charge in [-0.05, 0) is 97.7 Å². The van der Waals surface area contributed by atoms with E-state index in [0.29, 0.717) is 47.7 Å². The van der Waals surface area contributed by atoms with E-state index in [0.717, 1.165) is 56.4 Å². The van der Waals surface area contributed by atoms with E-state index in [4.69, 9.17) is 4.74 Å². The van der Waals surface area contributed by atoms with Gasteiger partial charge in [0.2, 0.25) is 11.0 Å². The number of nitrogens with zero attached hydrogens (tertiary/aromatic N) is 2. The summed E-state index contributed by atoms with van der Waals surface area (Å²) in [6, 6.07) is 0. The fourth-order valence-electron chi connectivity index (χ4n) is 9.36. The van der Waals surface area contributed by atoms with Crippen molar-refractivity contribution in [3.05, 3.63) is 5.01 Å². The number of carbonyl (C=O) groups excluding carboxylic acids is 1. The number of anilines is 1. The maximum atomic E-state index is 12.6. The molecule has 0 unspecified atom stereocenters. The van der Waals surface area contributed by atoms with Crippen molar-refractivity contribution >= 4 is 22.4 Å². The quantitative estimate of drug-likeness (QED) is 0.416. The number of carbonyl (C=O) groups is 1. The zero-order valence-electron chi connectivity index (χ0n) is 22.7. The summed E-state index contributed by atoms with van der Waals surface area (Å²) in [6.07, 6.45) is 6.31. The van der Waals surface area contributed by atoms with E-state index < -0.39 is 6.10 Å². The minimum absolute atomic E-state index is 0.0583. The van der Waals surface area contributed by atoms with E-state index in [-0.39, 0.29) is 34.9 Å². The van der Waals surface area contributed by atoms with Crippen LogP contribution in [0.3, 0.4) is 0 Å². The molecule has 4 N–H and O–H groups in total. The van der Waals surface area contributed by atoms with Crippen LogP contribution in [0.1, 0.15) is 83.6 Å². The van der Waals surface area contributed by atoms with Gasteiger partial charge in [-0.15, -0.1) is 10.2 Å². The fourth-order valence-corrected chi connectivity index (χ4v) is 10.1. The molecular weight excluding hydrogens is 490 g/mol. The number of methoxy groups -OCH3 is 1. The Morgan fingerprint density at radius 3 is 2.68 bits per heavy atom. The number of hydrogen-bond donors (Lipinski definition) is 4. The Balaban J connectivity index is 1.25. The Kier molecular flexibility index (Phi) is 7.75. The van der Waals surface area contributed by atoms with E-state index >= 15 is 0 Å². The highest BCUT2D eigenvalue weighted by molar-refractivity contribution is 7.15. The van der Waals surface area contributed by atoms with Crippen molar-refractivity contribution in [2.75, 3.05) is 12.4 Å². The molecule has 0 spiro atoms. The monoisotopic (exact) mass is 535 g/mol. The number of aliphatic hydroxyl groups is 3. The Labute approximate surface area is 224 Å². The minimum atomic E-state index is -0.405. The normalized spacial score (nSPS) is 44.0. The van der Waals surface area contributed by atoms with Crippen LogP contribution < -0.4 is 5.32 Å². The third-order valence-electron chi connectivity index (χ3n) is 11.3. The first-order chi connectivity index (χ1) is 17.6. The maximum absolute atomic E-state index is 12.6. The first-order valence-corrected chi connectivity index (χ1v) is 15.0. The van der Waals surface area contributed by atoms with Crippen molar-refractivity contribution in [1.29, 1.82) is 0 Å². The number of amides is 1. The lowest BCUT2D eigenvalue weighted by molar-refractivity contribution is -0.207. The zero-order chi connectivity index (χ0) is 26.5. The van der Waals surface area contributed by atoms with Gasteiger partial charge >= 0.3 is 0 Å².